The monoisotopic (exact) mass is 339 g/mol. The molecule has 4 unspecified atom stereocenters. The number of carbonyl (C=O) groups excluding carboxylic acids is 1. The van der Waals surface area contributed by atoms with E-state index in [1.165, 1.54) is 0 Å². The van der Waals surface area contributed by atoms with Crippen LogP contribution >= 0.6 is 0 Å². The minimum atomic E-state index is -1.17. The average Bonchev–Trinajstić information content (AvgIpc) is 2.53. The van der Waals surface area contributed by atoms with Crippen LogP contribution in [0.5, 0.6) is 0 Å². The van der Waals surface area contributed by atoms with E-state index >= 15 is 0 Å². The highest BCUT2D eigenvalue weighted by Gasteiger charge is 2.28. The highest BCUT2D eigenvalue weighted by Crippen LogP contribution is 2.26. The van der Waals surface area contributed by atoms with Gasteiger partial charge in [-0.25, -0.2) is 4.39 Å². The van der Waals surface area contributed by atoms with Gasteiger partial charge >= 0.3 is 0 Å². The van der Waals surface area contributed by atoms with Gasteiger partial charge in [-0.05, 0) is 44.9 Å². The molecule has 1 aliphatic carbocycles. The molecule has 0 aromatic heterocycles. The number of nitrogens with two attached hydrogens (primary N) is 1. The molecule has 5 nitrogen and oxygen atoms in total. The van der Waals surface area contributed by atoms with E-state index in [4.69, 9.17) is 10.5 Å². The first-order chi connectivity index (χ1) is 11.4. The number of allylic oxidation sites excluding steroid dienone is 4. The quantitative estimate of drug-likeness (QED) is 0.778. The summed E-state index contributed by atoms with van der Waals surface area (Å²) < 4.78 is 20.2. The molecular formula is C18H30FN3O2. The lowest BCUT2D eigenvalue weighted by Crippen LogP contribution is -2.45. The van der Waals surface area contributed by atoms with Crippen molar-refractivity contribution in [2.75, 3.05) is 19.6 Å². The molecule has 0 saturated carbocycles. The summed E-state index contributed by atoms with van der Waals surface area (Å²) >= 11 is 0. The molecule has 1 amide bonds. The van der Waals surface area contributed by atoms with Gasteiger partial charge in [-0.3, -0.25) is 4.79 Å². The number of amides is 1. The molecule has 2 aliphatic rings. The Hall–Kier alpha value is -1.40. The van der Waals surface area contributed by atoms with Crippen molar-refractivity contribution in [3.8, 4) is 0 Å². The Morgan fingerprint density at radius 3 is 2.67 bits per heavy atom. The van der Waals surface area contributed by atoms with Crippen LogP contribution in [-0.4, -0.2) is 48.8 Å². The molecule has 1 heterocycles. The molecule has 2 rings (SSSR count). The van der Waals surface area contributed by atoms with Crippen LogP contribution in [0.15, 0.2) is 23.5 Å². The molecule has 0 bridgehead atoms. The first kappa shape index (κ1) is 18.9. The molecule has 0 aromatic carbocycles. The van der Waals surface area contributed by atoms with Gasteiger partial charge in [0.25, 0.3) is 0 Å². The number of nitrogens with one attached hydrogen (secondary N) is 1. The van der Waals surface area contributed by atoms with Gasteiger partial charge in [0.1, 0.15) is 6.17 Å². The van der Waals surface area contributed by atoms with Crippen LogP contribution in [-0.2, 0) is 9.53 Å². The highest BCUT2D eigenvalue weighted by atomic mass is 19.1. The maximum absolute atomic E-state index is 14.5. The number of carbonyl (C=O) groups is 1. The van der Waals surface area contributed by atoms with Gasteiger partial charge in [-0.15, -0.1) is 0 Å². The lowest BCUT2D eigenvalue weighted by Gasteiger charge is -2.39. The van der Waals surface area contributed by atoms with Crippen LogP contribution in [0.4, 0.5) is 4.39 Å². The number of halogens is 1. The van der Waals surface area contributed by atoms with Gasteiger partial charge in [0.05, 0.1) is 17.9 Å². The summed E-state index contributed by atoms with van der Waals surface area (Å²) in [5.74, 6) is 0.156. The predicted molar refractivity (Wildman–Crippen MR) is 92.9 cm³/mol. The summed E-state index contributed by atoms with van der Waals surface area (Å²) in [6.07, 6.45) is 4.11. The second-order valence-corrected chi connectivity index (χ2v) is 7.04. The van der Waals surface area contributed by atoms with Gasteiger partial charge in [0.2, 0.25) is 5.91 Å². The van der Waals surface area contributed by atoms with Crippen LogP contribution in [0.25, 0.3) is 0 Å². The van der Waals surface area contributed by atoms with E-state index in [9.17, 15) is 9.18 Å². The van der Waals surface area contributed by atoms with Crippen molar-refractivity contribution in [3.63, 3.8) is 0 Å². The Bertz CT molecular complexity index is 496. The molecular weight excluding hydrogens is 309 g/mol. The first-order valence-electron chi connectivity index (χ1n) is 8.84. The number of alkyl halides is 1. The van der Waals surface area contributed by atoms with E-state index in [1.54, 1.807) is 6.08 Å². The number of hydrogen-bond acceptors (Lipinski definition) is 4. The Balaban J connectivity index is 1.92. The van der Waals surface area contributed by atoms with Crippen molar-refractivity contribution in [3.05, 3.63) is 23.5 Å². The number of nitrogens with zero attached hydrogens (tertiary/aromatic N) is 1. The Morgan fingerprint density at radius 1 is 1.42 bits per heavy atom. The second-order valence-electron chi connectivity index (χ2n) is 7.04. The topological polar surface area (TPSA) is 67.6 Å². The number of ether oxygens (including phenoxy) is 1. The highest BCUT2D eigenvalue weighted by molar-refractivity contribution is 5.78. The minimum Gasteiger partial charge on any atom is -0.372 e. The molecule has 1 fully saturated rings. The van der Waals surface area contributed by atoms with Gasteiger partial charge in [0.15, 0.2) is 0 Å². The van der Waals surface area contributed by atoms with Crippen molar-refractivity contribution >= 4 is 5.91 Å². The molecule has 0 radical (unpaired) electrons. The van der Waals surface area contributed by atoms with Gasteiger partial charge < -0.3 is 20.7 Å². The fraction of sp³-hybridized carbons (Fsp3) is 0.722. The maximum atomic E-state index is 14.5. The molecule has 6 heteroatoms. The van der Waals surface area contributed by atoms with Gasteiger partial charge in [-0.1, -0.05) is 6.92 Å². The van der Waals surface area contributed by atoms with Crippen LogP contribution in [0.2, 0.25) is 0 Å². The van der Waals surface area contributed by atoms with Crippen molar-refractivity contribution in [1.29, 1.82) is 0 Å². The first-order valence-corrected chi connectivity index (χ1v) is 8.84. The number of hydrogen-bond donors (Lipinski definition) is 2. The maximum Gasteiger partial charge on any atom is 0.224 e. The molecule has 4 atom stereocenters. The molecule has 24 heavy (non-hydrogen) atoms. The molecule has 136 valence electrons. The van der Waals surface area contributed by atoms with E-state index in [0.717, 1.165) is 25.2 Å². The standard InChI is InChI=1S/C18H30FN3O2/c1-12(9-20)4-7-18(23)21-17-6-5-15(8-16(17)19)22-10-13(2)24-14(3)11-22/h5-6,12-14,16H,4,7-11,20H2,1-3H3,(H,21,23). The summed E-state index contributed by atoms with van der Waals surface area (Å²) in [5, 5.41) is 2.71. The fourth-order valence-corrected chi connectivity index (χ4v) is 3.14. The lowest BCUT2D eigenvalue weighted by atomic mass is 10.0. The zero-order chi connectivity index (χ0) is 17.7. The fourth-order valence-electron chi connectivity index (χ4n) is 3.14. The second kappa shape index (κ2) is 8.62. The SMILES string of the molecule is CC(CN)CCC(=O)NC1=CC=C(N2CC(C)OC(C)C2)CC1F. The van der Waals surface area contributed by atoms with Crippen LogP contribution in [0, 0.1) is 5.92 Å². The third-order valence-corrected chi connectivity index (χ3v) is 4.56. The molecule has 3 N–H and O–H groups in total. The Labute approximate surface area is 144 Å². The molecule has 1 saturated heterocycles. The molecule has 0 aromatic rings. The summed E-state index contributed by atoms with van der Waals surface area (Å²) in [4.78, 5) is 14.1. The van der Waals surface area contributed by atoms with E-state index in [-0.39, 0.29) is 18.1 Å². The van der Waals surface area contributed by atoms with Crippen LogP contribution in [0.3, 0.4) is 0 Å². The van der Waals surface area contributed by atoms with E-state index in [2.05, 4.69) is 10.2 Å². The average molecular weight is 339 g/mol. The minimum absolute atomic E-state index is 0.141. The van der Waals surface area contributed by atoms with E-state index < -0.39 is 6.17 Å². The Morgan fingerprint density at radius 2 is 2.08 bits per heavy atom. The predicted octanol–water partition coefficient (Wildman–Crippen LogP) is 2.10. The van der Waals surface area contributed by atoms with Crippen molar-refractivity contribution < 1.29 is 13.9 Å². The van der Waals surface area contributed by atoms with Gasteiger partial charge in [0, 0.05) is 31.6 Å². The smallest absolute Gasteiger partial charge is 0.224 e. The van der Waals surface area contributed by atoms with Crippen molar-refractivity contribution in [2.45, 2.75) is 58.4 Å². The third kappa shape index (κ3) is 5.31. The third-order valence-electron chi connectivity index (χ3n) is 4.56. The normalized spacial score (nSPS) is 28.9. The zero-order valence-electron chi connectivity index (χ0n) is 14.9. The summed E-state index contributed by atoms with van der Waals surface area (Å²) in [7, 11) is 0. The van der Waals surface area contributed by atoms with E-state index in [0.29, 0.717) is 31.0 Å². The Kier molecular flexibility index (Phi) is 6.80. The molecule has 0 spiro atoms. The van der Waals surface area contributed by atoms with E-state index in [1.807, 2.05) is 26.8 Å². The van der Waals surface area contributed by atoms with Crippen LogP contribution in [0.1, 0.15) is 40.0 Å². The summed E-state index contributed by atoms with van der Waals surface area (Å²) in [6, 6.07) is 0. The number of morpholine rings is 1. The summed E-state index contributed by atoms with van der Waals surface area (Å²) in [5.41, 5.74) is 6.88. The number of rotatable bonds is 6. The van der Waals surface area contributed by atoms with Crippen molar-refractivity contribution in [2.24, 2.45) is 11.7 Å². The molecule has 1 aliphatic heterocycles. The lowest BCUT2D eigenvalue weighted by molar-refractivity contribution is -0.120. The van der Waals surface area contributed by atoms with Gasteiger partial charge in [-0.2, -0.15) is 0 Å². The van der Waals surface area contributed by atoms with Crippen molar-refractivity contribution in [1.82, 2.24) is 10.2 Å². The largest absolute Gasteiger partial charge is 0.372 e. The summed E-state index contributed by atoms with van der Waals surface area (Å²) in [6.45, 7) is 8.17. The zero-order valence-corrected chi connectivity index (χ0v) is 14.9. The van der Waals surface area contributed by atoms with Crippen LogP contribution < -0.4 is 11.1 Å².